The van der Waals surface area contributed by atoms with Gasteiger partial charge in [-0.25, -0.2) is 9.82 Å². The molecule has 1 saturated carbocycles. The second-order valence-corrected chi connectivity index (χ2v) is 6.88. The molecule has 0 saturated heterocycles. The lowest BCUT2D eigenvalue weighted by atomic mass is 9.72. The fourth-order valence-corrected chi connectivity index (χ4v) is 3.95. The van der Waals surface area contributed by atoms with Crippen LogP contribution in [0, 0.1) is 11.7 Å². The lowest BCUT2D eigenvalue weighted by Crippen LogP contribution is -2.51. The first-order valence-electron chi connectivity index (χ1n) is 7.57. The molecular formula is C16H24BrFN2O. The van der Waals surface area contributed by atoms with Crippen LogP contribution in [0.25, 0.3) is 0 Å². The van der Waals surface area contributed by atoms with Gasteiger partial charge in [-0.15, -0.1) is 0 Å². The predicted octanol–water partition coefficient (Wildman–Crippen LogP) is 4.08. The van der Waals surface area contributed by atoms with E-state index in [1.165, 1.54) is 12.5 Å². The van der Waals surface area contributed by atoms with Crippen LogP contribution in [0.4, 0.5) is 4.39 Å². The van der Waals surface area contributed by atoms with Gasteiger partial charge in [0, 0.05) is 16.6 Å². The fourth-order valence-electron chi connectivity index (χ4n) is 3.57. The van der Waals surface area contributed by atoms with Crippen molar-refractivity contribution < 1.29 is 9.13 Å². The van der Waals surface area contributed by atoms with Gasteiger partial charge in [-0.1, -0.05) is 35.7 Å². The average molecular weight is 359 g/mol. The molecule has 0 radical (unpaired) electrons. The molecule has 3 unspecified atom stereocenters. The van der Waals surface area contributed by atoms with Crippen molar-refractivity contribution >= 4 is 15.9 Å². The molecule has 2 rings (SSSR count). The molecular weight excluding hydrogens is 335 g/mol. The highest BCUT2D eigenvalue weighted by molar-refractivity contribution is 9.10. The molecule has 118 valence electrons. The highest BCUT2D eigenvalue weighted by Gasteiger charge is 2.44. The van der Waals surface area contributed by atoms with E-state index in [1.54, 1.807) is 12.1 Å². The van der Waals surface area contributed by atoms with Crippen molar-refractivity contribution in [2.24, 2.45) is 11.8 Å². The topological polar surface area (TPSA) is 47.3 Å². The molecule has 3 N–H and O–H groups in total. The van der Waals surface area contributed by atoms with Crippen LogP contribution >= 0.6 is 15.9 Å². The summed E-state index contributed by atoms with van der Waals surface area (Å²) in [6.45, 7) is 4.80. The van der Waals surface area contributed by atoms with Crippen LogP contribution in [0.15, 0.2) is 22.7 Å². The summed E-state index contributed by atoms with van der Waals surface area (Å²) in [5.74, 6) is 6.10. The van der Waals surface area contributed by atoms with Gasteiger partial charge in [0.1, 0.15) is 5.82 Å². The summed E-state index contributed by atoms with van der Waals surface area (Å²) in [5.41, 5.74) is 2.94. The minimum Gasteiger partial charge on any atom is -0.373 e. The van der Waals surface area contributed by atoms with Crippen molar-refractivity contribution in [3.05, 3.63) is 34.1 Å². The first-order valence-corrected chi connectivity index (χ1v) is 8.36. The number of hydrazine groups is 1. The van der Waals surface area contributed by atoms with Gasteiger partial charge in [0.25, 0.3) is 0 Å². The van der Waals surface area contributed by atoms with Crippen LogP contribution in [0.5, 0.6) is 0 Å². The molecule has 5 heteroatoms. The number of halogens is 2. The second kappa shape index (κ2) is 7.18. The van der Waals surface area contributed by atoms with E-state index in [4.69, 9.17) is 10.6 Å². The molecule has 0 aromatic heterocycles. The van der Waals surface area contributed by atoms with Gasteiger partial charge in [0.2, 0.25) is 0 Å². The molecule has 3 nitrogen and oxygen atoms in total. The highest BCUT2D eigenvalue weighted by atomic mass is 79.9. The number of rotatable bonds is 5. The SMILES string of the molecule is CCOC1(C(NN)c2cc(Br)ccc2F)CCCC(C)C1. The molecule has 21 heavy (non-hydrogen) atoms. The summed E-state index contributed by atoms with van der Waals surface area (Å²) in [7, 11) is 0. The van der Waals surface area contributed by atoms with E-state index >= 15 is 0 Å². The van der Waals surface area contributed by atoms with Gasteiger partial charge in [-0.2, -0.15) is 0 Å². The molecule has 1 aliphatic rings. The summed E-state index contributed by atoms with van der Waals surface area (Å²) in [6.07, 6.45) is 4.05. The number of benzene rings is 1. The Morgan fingerprint density at radius 2 is 2.33 bits per heavy atom. The van der Waals surface area contributed by atoms with Gasteiger partial charge < -0.3 is 4.74 Å². The van der Waals surface area contributed by atoms with Crippen LogP contribution in [0.2, 0.25) is 0 Å². The zero-order chi connectivity index (χ0) is 15.5. The Hall–Kier alpha value is -0.490. The van der Waals surface area contributed by atoms with E-state index in [9.17, 15) is 4.39 Å². The predicted molar refractivity (Wildman–Crippen MR) is 86.2 cm³/mol. The minimum atomic E-state index is -0.442. The van der Waals surface area contributed by atoms with Crippen molar-refractivity contribution in [3.8, 4) is 0 Å². The fraction of sp³-hybridized carbons (Fsp3) is 0.625. The van der Waals surface area contributed by atoms with E-state index in [0.29, 0.717) is 18.1 Å². The van der Waals surface area contributed by atoms with E-state index in [-0.39, 0.29) is 11.9 Å². The number of nitrogens with one attached hydrogen (secondary N) is 1. The molecule has 0 amide bonds. The first-order chi connectivity index (χ1) is 10.0. The average Bonchev–Trinajstić information content (AvgIpc) is 2.43. The van der Waals surface area contributed by atoms with Crippen LogP contribution in [-0.2, 0) is 4.74 Å². The van der Waals surface area contributed by atoms with Crippen molar-refractivity contribution in [1.29, 1.82) is 0 Å². The molecule has 3 atom stereocenters. The van der Waals surface area contributed by atoms with Crippen LogP contribution < -0.4 is 11.3 Å². The lowest BCUT2D eigenvalue weighted by molar-refractivity contribution is -0.102. The molecule has 0 spiro atoms. The van der Waals surface area contributed by atoms with E-state index in [0.717, 1.165) is 23.7 Å². The Labute approximate surface area is 134 Å². The molecule has 1 fully saturated rings. The summed E-state index contributed by atoms with van der Waals surface area (Å²) >= 11 is 3.41. The van der Waals surface area contributed by atoms with Gasteiger partial charge in [-0.05, 0) is 43.9 Å². The monoisotopic (exact) mass is 358 g/mol. The maximum absolute atomic E-state index is 14.3. The summed E-state index contributed by atoms with van der Waals surface area (Å²) in [6, 6.07) is 4.61. The van der Waals surface area contributed by atoms with Crippen molar-refractivity contribution in [3.63, 3.8) is 0 Å². The molecule has 0 aliphatic heterocycles. The lowest BCUT2D eigenvalue weighted by Gasteiger charge is -2.45. The Balaban J connectivity index is 2.42. The normalized spacial score (nSPS) is 27.6. The highest BCUT2D eigenvalue weighted by Crippen LogP contribution is 2.44. The summed E-state index contributed by atoms with van der Waals surface area (Å²) < 4.78 is 21.3. The molecule has 1 aliphatic carbocycles. The van der Waals surface area contributed by atoms with Crippen LogP contribution in [0.1, 0.15) is 51.1 Å². The van der Waals surface area contributed by atoms with Crippen LogP contribution in [-0.4, -0.2) is 12.2 Å². The third-order valence-electron chi connectivity index (χ3n) is 4.38. The Morgan fingerprint density at radius 1 is 1.57 bits per heavy atom. The van der Waals surface area contributed by atoms with Gasteiger partial charge in [0.05, 0.1) is 11.6 Å². The zero-order valence-corrected chi connectivity index (χ0v) is 14.2. The van der Waals surface area contributed by atoms with Gasteiger partial charge >= 0.3 is 0 Å². The van der Waals surface area contributed by atoms with Gasteiger partial charge in [-0.3, -0.25) is 5.84 Å². The molecule has 0 heterocycles. The smallest absolute Gasteiger partial charge is 0.128 e. The summed E-state index contributed by atoms with van der Waals surface area (Å²) in [5, 5.41) is 0. The van der Waals surface area contributed by atoms with Gasteiger partial charge in [0.15, 0.2) is 0 Å². The van der Waals surface area contributed by atoms with Crippen LogP contribution in [0.3, 0.4) is 0 Å². The van der Waals surface area contributed by atoms with E-state index < -0.39 is 5.60 Å². The summed E-state index contributed by atoms with van der Waals surface area (Å²) in [4.78, 5) is 0. The molecule has 0 bridgehead atoms. The molecule has 1 aromatic rings. The second-order valence-electron chi connectivity index (χ2n) is 5.96. The third-order valence-corrected chi connectivity index (χ3v) is 4.88. The maximum atomic E-state index is 14.3. The van der Waals surface area contributed by atoms with Crippen molar-refractivity contribution in [2.75, 3.05) is 6.61 Å². The number of hydrogen-bond acceptors (Lipinski definition) is 3. The first kappa shape index (κ1) is 16.9. The van der Waals surface area contributed by atoms with Crippen molar-refractivity contribution in [1.82, 2.24) is 5.43 Å². The Bertz CT molecular complexity index is 481. The largest absolute Gasteiger partial charge is 0.373 e. The third kappa shape index (κ3) is 3.65. The maximum Gasteiger partial charge on any atom is 0.128 e. The standard InChI is InChI=1S/C16H24BrFN2O/c1-3-21-16(8-4-5-11(2)10-16)15(20-19)13-9-12(17)6-7-14(13)18/h6-7,9,11,15,20H,3-5,8,10,19H2,1-2H3. The number of nitrogens with two attached hydrogens (primary N) is 1. The van der Waals surface area contributed by atoms with E-state index in [1.807, 2.05) is 6.92 Å². The number of hydrogen-bond donors (Lipinski definition) is 2. The van der Waals surface area contributed by atoms with E-state index in [2.05, 4.69) is 28.3 Å². The van der Waals surface area contributed by atoms with Crippen molar-refractivity contribution in [2.45, 2.75) is 51.2 Å². The Kier molecular flexibility index (Phi) is 5.77. The Morgan fingerprint density at radius 3 is 2.95 bits per heavy atom. The minimum absolute atomic E-state index is 0.251. The zero-order valence-electron chi connectivity index (χ0n) is 12.7. The number of ether oxygens (including phenoxy) is 1. The quantitative estimate of drug-likeness (QED) is 0.615. The molecule has 1 aromatic carbocycles.